The van der Waals surface area contributed by atoms with Gasteiger partial charge in [0.15, 0.2) is 0 Å². The van der Waals surface area contributed by atoms with Crippen molar-refractivity contribution in [1.82, 2.24) is 10.6 Å². The molecule has 2 amide bonds. The number of carbonyl (C=O) groups is 1. The molecule has 2 rings (SSSR count). The van der Waals surface area contributed by atoms with Crippen LogP contribution in [0.25, 0.3) is 0 Å². The molecule has 0 saturated carbocycles. The fraction of sp³-hybridized carbons (Fsp3) is 0.800. The predicted molar refractivity (Wildman–Crippen MR) is 49.5 cm³/mol. The van der Waals surface area contributed by atoms with Gasteiger partial charge in [0.1, 0.15) is 0 Å². The van der Waals surface area contributed by atoms with E-state index in [0.29, 0.717) is 15.3 Å². The lowest BCUT2D eigenvalue weighted by Crippen LogP contribution is -2.34. The monoisotopic (exact) mass is 270 g/mol. The number of rotatable bonds is 0. The van der Waals surface area contributed by atoms with Crippen LogP contribution in [0.4, 0.5) is 4.79 Å². The number of amides is 2. The van der Waals surface area contributed by atoms with E-state index in [1.54, 1.807) is 0 Å². The highest BCUT2D eigenvalue weighted by atomic mass is 127. The first-order valence-corrected chi connectivity index (χ1v) is 5.39. The first kappa shape index (κ1) is 7.02. The summed E-state index contributed by atoms with van der Waals surface area (Å²) in [4.78, 5) is 10.8. The predicted octanol–water partition coefficient (Wildman–Crippen LogP) is 0.544. The highest BCUT2D eigenvalue weighted by Crippen LogP contribution is 2.33. The molecule has 0 radical (unpaired) electrons. The van der Waals surface area contributed by atoms with E-state index >= 15 is 0 Å². The van der Waals surface area contributed by atoms with Gasteiger partial charge in [-0.05, 0) is 0 Å². The van der Waals surface area contributed by atoms with Crippen LogP contribution in [0, 0.1) is 0 Å². The Morgan fingerprint density at radius 3 is 3.10 bits per heavy atom. The summed E-state index contributed by atoms with van der Waals surface area (Å²) in [5, 5.41) is 5.76. The van der Waals surface area contributed by atoms with Gasteiger partial charge in [0, 0.05) is 5.75 Å². The molecule has 5 heteroatoms. The molecule has 3 nitrogen and oxygen atoms in total. The van der Waals surface area contributed by atoms with Gasteiger partial charge in [-0.1, -0.05) is 22.6 Å². The van der Waals surface area contributed by atoms with E-state index in [1.165, 1.54) is 0 Å². The molecule has 3 atom stereocenters. The number of carbonyl (C=O) groups excluding carboxylic acids is 1. The molecule has 0 aliphatic carbocycles. The molecule has 2 N–H and O–H groups in total. The van der Waals surface area contributed by atoms with Crippen LogP contribution in [0.15, 0.2) is 0 Å². The normalized spacial score (nSPS) is 44.5. The van der Waals surface area contributed by atoms with Gasteiger partial charge in [0.2, 0.25) is 0 Å². The van der Waals surface area contributed by atoms with Crippen LogP contribution in [0.1, 0.15) is 0 Å². The van der Waals surface area contributed by atoms with Crippen molar-refractivity contribution >= 4 is 40.4 Å². The van der Waals surface area contributed by atoms with Crippen LogP contribution < -0.4 is 10.6 Å². The molecule has 2 aliphatic rings. The van der Waals surface area contributed by atoms with Crippen LogP contribution in [0.5, 0.6) is 0 Å². The number of halogens is 1. The number of alkyl halides is 1. The van der Waals surface area contributed by atoms with Gasteiger partial charge in [-0.3, -0.25) is 0 Å². The van der Waals surface area contributed by atoms with Crippen LogP contribution >= 0.6 is 34.4 Å². The minimum absolute atomic E-state index is 0.00281. The number of hydrogen-bond donors (Lipinski definition) is 2. The van der Waals surface area contributed by atoms with Gasteiger partial charge in [-0.2, -0.15) is 0 Å². The summed E-state index contributed by atoms with van der Waals surface area (Å²) < 4.78 is 0.543. The van der Waals surface area contributed by atoms with Crippen molar-refractivity contribution in [1.29, 1.82) is 0 Å². The average Bonchev–Trinajstić information content (AvgIpc) is 2.35. The van der Waals surface area contributed by atoms with E-state index in [1.807, 2.05) is 11.8 Å². The summed E-state index contributed by atoms with van der Waals surface area (Å²) in [7, 11) is 0. The Bertz CT molecular complexity index is 177. The molecule has 2 fully saturated rings. The van der Waals surface area contributed by atoms with E-state index in [9.17, 15) is 4.79 Å². The number of urea groups is 1. The van der Waals surface area contributed by atoms with Gasteiger partial charge in [0.05, 0.1) is 15.3 Å². The second-order valence-corrected chi connectivity index (χ2v) is 5.80. The first-order chi connectivity index (χ1) is 4.77. The van der Waals surface area contributed by atoms with Gasteiger partial charge in [0.25, 0.3) is 0 Å². The van der Waals surface area contributed by atoms with E-state index in [-0.39, 0.29) is 6.03 Å². The van der Waals surface area contributed by atoms with E-state index < -0.39 is 0 Å². The Hall–Kier alpha value is 0.350. The lowest BCUT2D eigenvalue weighted by atomic mass is 10.2. The third-order valence-electron chi connectivity index (χ3n) is 1.77. The minimum atomic E-state index is -0.00281. The maximum atomic E-state index is 10.8. The van der Waals surface area contributed by atoms with Crippen molar-refractivity contribution in [2.45, 2.75) is 15.3 Å². The lowest BCUT2D eigenvalue weighted by Gasteiger charge is -2.08. The summed E-state index contributed by atoms with van der Waals surface area (Å²) in [5.41, 5.74) is 0. The molecule has 2 aliphatic heterocycles. The van der Waals surface area contributed by atoms with Crippen molar-refractivity contribution in [2.75, 3.05) is 5.75 Å². The van der Waals surface area contributed by atoms with E-state index in [2.05, 4.69) is 33.2 Å². The van der Waals surface area contributed by atoms with Crippen LogP contribution in [0.2, 0.25) is 0 Å². The van der Waals surface area contributed by atoms with Crippen LogP contribution in [-0.2, 0) is 0 Å². The minimum Gasteiger partial charge on any atom is -0.332 e. The zero-order valence-corrected chi connectivity index (χ0v) is 8.11. The summed E-state index contributed by atoms with van der Waals surface area (Å²) >= 11 is 4.27. The van der Waals surface area contributed by atoms with E-state index in [4.69, 9.17) is 0 Å². The molecule has 0 unspecified atom stereocenters. The van der Waals surface area contributed by atoms with Gasteiger partial charge < -0.3 is 10.6 Å². The molecule has 0 aromatic carbocycles. The highest BCUT2D eigenvalue weighted by molar-refractivity contribution is 14.1. The van der Waals surface area contributed by atoms with Crippen molar-refractivity contribution in [3.8, 4) is 0 Å². The van der Waals surface area contributed by atoms with Gasteiger partial charge in [-0.15, -0.1) is 11.8 Å². The molecule has 2 heterocycles. The Balaban J connectivity index is 2.12. The zero-order valence-electron chi connectivity index (χ0n) is 5.13. The van der Waals surface area contributed by atoms with Crippen molar-refractivity contribution in [3.63, 3.8) is 0 Å². The molecule has 0 aromatic rings. The molecular weight excluding hydrogens is 263 g/mol. The third-order valence-corrected chi connectivity index (χ3v) is 4.78. The van der Waals surface area contributed by atoms with Crippen molar-refractivity contribution in [3.05, 3.63) is 0 Å². The summed E-state index contributed by atoms with van der Waals surface area (Å²) in [5.74, 6) is 1.05. The van der Waals surface area contributed by atoms with Crippen LogP contribution in [-0.4, -0.2) is 27.1 Å². The van der Waals surface area contributed by atoms with Crippen molar-refractivity contribution < 1.29 is 4.79 Å². The third kappa shape index (κ3) is 0.990. The molecule has 0 spiro atoms. The second-order valence-electron chi connectivity index (χ2n) is 2.43. The summed E-state index contributed by atoms with van der Waals surface area (Å²) in [6, 6.07) is 0.731. The maximum Gasteiger partial charge on any atom is 0.315 e. The number of nitrogens with one attached hydrogen (secondary N) is 2. The number of thioether (sulfide) groups is 1. The lowest BCUT2D eigenvalue weighted by molar-refractivity contribution is 0.247. The Kier molecular flexibility index (Phi) is 1.71. The van der Waals surface area contributed by atoms with Gasteiger partial charge in [-0.25, -0.2) is 4.79 Å². The van der Waals surface area contributed by atoms with Crippen molar-refractivity contribution in [2.24, 2.45) is 0 Å². The smallest absolute Gasteiger partial charge is 0.315 e. The molecule has 56 valence electrons. The fourth-order valence-electron chi connectivity index (χ4n) is 1.24. The van der Waals surface area contributed by atoms with Gasteiger partial charge >= 0.3 is 6.03 Å². The quantitative estimate of drug-likeness (QED) is 0.383. The Labute approximate surface area is 76.8 Å². The zero-order chi connectivity index (χ0) is 7.14. The second kappa shape index (κ2) is 2.44. The highest BCUT2D eigenvalue weighted by Gasteiger charge is 2.41. The summed E-state index contributed by atoms with van der Waals surface area (Å²) in [6.45, 7) is 0. The molecule has 0 aromatic heterocycles. The average molecular weight is 270 g/mol. The molecular formula is C5H7IN2OS. The maximum absolute atomic E-state index is 10.8. The van der Waals surface area contributed by atoms with Crippen LogP contribution in [0.3, 0.4) is 0 Å². The summed E-state index contributed by atoms with van der Waals surface area (Å²) in [6.07, 6.45) is 0. The number of hydrogen-bond acceptors (Lipinski definition) is 2. The van der Waals surface area contributed by atoms with E-state index in [0.717, 1.165) is 5.75 Å². The first-order valence-electron chi connectivity index (χ1n) is 3.10. The molecule has 2 saturated heterocycles. The Morgan fingerprint density at radius 2 is 2.40 bits per heavy atom. The molecule has 10 heavy (non-hydrogen) atoms. The molecule has 0 bridgehead atoms. The Morgan fingerprint density at radius 1 is 1.60 bits per heavy atom. The fourth-order valence-corrected chi connectivity index (χ4v) is 3.70. The topological polar surface area (TPSA) is 41.1 Å². The number of fused-ring (bicyclic) bond motifs is 1. The standard InChI is InChI=1S/C5H7IN2OS/c6-4-3-2(1-10-4)7-5(9)8-3/h2-4H,1H2,(H2,7,8,9)/t2-,3-,4+/m0/s1. The SMILES string of the molecule is O=C1N[C@H]2[C@H](CS[C@H]2I)N1. The largest absolute Gasteiger partial charge is 0.332 e.